The van der Waals surface area contributed by atoms with Crippen molar-refractivity contribution in [3.8, 4) is 11.1 Å². The number of carbonyl (C=O) groups excluding carboxylic acids is 1. The minimum atomic E-state index is -5.92. The molecule has 13 heteroatoms. The van der Waals surface area contributed by atoms with Gasteiger partial charge in [0.25, 0.3) is 10.0 Å². The summed E-state index contributed by atoms with van der Waals surface area (Å²) in [6.45, 7) is 3.21. The van der Waals surface area contributed by atoms with Gasteiger partial charge >= 0.3 is 12.1 Å². The number of alkyl halides is 5. The molecule has 0 aromatic heterocycles. The molecule has 2 unspecified atom stereocenters. The Hall–Kier alpha value is -3.68. The summed E-state index contributed by atoms with van der Waals surface area (Å²) in [5, 5.41) is 11.5. The Bertz CT molecular complexity index is 2190. The van der Waals surface area contributed by atoms with Crippen molar-refractivity contribution >= 4 is 26.4 Å². The predicted octanol–water partition coefficient (Wildman–Crippen LogP) is 9.39. The molecule has 0 radical (unpaired) electrons. The number of benzene rings is 3. The molecule has 0 spiro atoms. The zero-order valence-electron chi connectivity index (χ0n) is 28.4. The van der Waals surface area contributed by atoms with Crippen LogP contribution in [0.2, 0.25) is 0 Å². The van der Waals surface area contributed by atoms with Gasteiger partial charge in [0.05, 0.1) is 4.90 Å². The minimum absolute atomic E-state index is 0.0100. The van der Waals surface area contributed by atoms with Crippen molar-refractivity contribution < 1.29 is 44.5 Å². The van der Waals surface area contributed by atoms with Crippen molar-refractivity contribution in [2.45, 2.75) is 92.2 Å². The van der Waals surface area contributed by atoms with Crippen LogP contribution in [0.25, 0.3) is 11.1 Å². The molecule has 0 aliphatic heterocycles. The summed E-state index contributed by atoms with van der Waals surface area (Å²) < 4.78 is 114. The quantitative estimate of drug-likeness (QED) is 0.200. The van der Waals surface area contributed by atoms with Gasteiger partial charge in [0, 0.05) is 17.8 Å². The number of sulfonamides is 1. The molecule has 6 nitrogen and oxygen atoms in total. The molecule has 4 aliphatic rings. The highest BCUT2D eigenvalue weighted by Crippen LogP contribution is 2.70. The van der Waals surface area contributed by atoms with Gasteiger partial charge in [-0.2, -0.15) is 22.0 Å². The molecule has 3 aromatic carbocycles. The molecule has 52 heavy (non-hydrogen) atoms. The summed E-state index contributed by atoms with van der Waals surface area (Å²) >= 11 is 0. The third-order valence-corrected chi connectivity index (χ3v) is 14.8. The fourth-order valence-corrected chi connectivity index (χ4v) is 11.5. The van der Waals surface area contributed by atoms with E-state index in [4.69, 9.17) is 0 Å². The average molecular weight is 759 g/mol. The molecule has 0 bridgehead atoms. The lowest BCUT2D eigenvalue weighted by Gasteiger charge is -2.56. The number of carbonyl (C=O) groups is 1. The Morgan fingerprint density at radius 2 is 1.48 bits per heavy atom. The molecule has 4 aliphatic carbocycles. The summed E-state index contributed by atoms with van der Waals surface area (Å²) in [5.74, 6) is -6.78. The van der Waals surface area contributed by atoms with Crippen LogP contribution in [-0.2, 0) is 29.6 Å². The fraction of sp³-hybridized carbons (Fsp3) is 0.410. The highest BCUT2D eigenvalue weighted by molar-refractivity contribution is 7.96. The molecule has 5 atom stereocenters. The molecule has 276 valence electrons. The Morgan fingerprint density at radius 3 is 2.10 bits per heavy atom. The normalized spacial score (nSPS) is 28.6. The van der Waals surface area contributed by atoms with Crippen molar-refractivity contribution in [1.82, 2.24) is 0 Å². The lowest BCUT2D eigenvalue weighted by molar-refractivity contribution is -0.362. The van der Waals surface area contributed by atoms with Crippen LogP contribution in [-0.4, -0.2) is 37.0 Å². The standard InChI is InChI=1S/C39H37F5NO5S2/c1-23-3-15-30(16-4-23)52(49,50)45-51(48)29-13-9-25(10-14-29)24-5-7-26(8-6-24)33-22-36(2)34(19-20-37(36,47)38(40,41)39(42,43)44)32-17-11-27-21-28(46)12-18-31(27)35(32)33/h3-10,13-16,21,32-34,47H,11-12,17-20,22H2,1-2H3/q-1/t32?,33-,34?,36+,37+/m1/s1. The van der Waals surface area contributed by atoms with E-state index in [2.05, 4.69) is 3.77 Å². The van der Waals surface area contributed by atoms with Crippen LogP contribution in [0, 0.1) is 24.2 Å². The SMILES string of the molecule is Cc1ccc(S(=O)(=O)N=[S-](=O)c2ccc(-c3ccc([C@H]4C[C@@]5(C)C(CC[C@@]5(O)C(F)(F)C(F)(F)F)C5CCC6=CC(=O)CCC6=C54)cc3)cc2)cc1. The zero-order valence-corrected chi connectivity index (χ0v) is 30.1. The first kappa shape index (κ1) is 36.7. The number of ketones is 1. The lowest BCUT2D eigenvalue weighted by Crippen LogP contribution is -2.65. The van der Waals surface area contributed by atoms with Crippen LogP contribution >= 0.6 is 0 Å². The summed E-state index contributed by atoms with van der Waals surface area (Å²) in [7, 11) is -6.37. The zero-order chi connectivity index (χ0) is 37.4. The Labute approximate surface area is 301 Å². The second-order valence-electron chi connectivity index (χ2n) is 14.7. The van der Waals surface area contributed by atoms with Gasteiger partial charge < -0.3 is 9.32 Å². The van der Waals surface area contributed by atoms with Gasteiger partial charge in [0.2, 0.25) is 0 Å². The monoisotopic (exact) mass is 758 g/mol. The maximum absolute atomic E-state index is 15.3. The predicted molar refractivity (Wildman–Crippen MR) is 185 cm³/mol. The summed E-state index contributed by atoms with van der Waals surface area (Å²) in [4.78, 5) is 12.4. The van der Waals surface area contributed by atoms with Gasteiger partial charge in [0.1, 0.15) is 5.60 Å². The van der Waals surface area contributed by atoms with Gasteiger partial charge in [-0.05, 0) is 103 Å². The van der Waals surface area contributed by atoms with Gasteiger partial charge in [0.15, 0.2) is 5.78 Å². The first-order valence-corrected chi connectivity index (χ1v) is 19.7. The van der Waals surface area contributed by atoms with Crippen LogP contribution in [0.3, 0.4) is 0 Å². The second kappa shape index (κ2) is 12.7. The summed E-state index contributed by atoms with van der Waals surface area (Å²) in [5.41, 5.74) is 0.832. The Balaban J connectivity index is 1.22. The van der Waals surface area contributed by atoms with Gasteiger partial charge in [-0.25, -0.2) is 8.42 Å². The highest BCUT2D eigenvalue weighted by Gasteiger charge is 2.79. The van der Waals surface area contributed by atoms with Crippen molar-refractivity contribution in [1.29, 1.82) is 0 Å². The smallest absolute Gasteiger partial charge is 0.439 e. The third-order valence-electron chi connectivity index (χ3n) is 11.9. The number of aliphatic hydroxyl groups is 1. The number of hydrogen-bond donors (Lipinski definition) is 1. The number of halogens is 5. The van der Waals surface area contributed by atoms with Gasteiger partial charge in [-0.15, -0.1) is 10.6 Å². The van der Waals surface area contributed by atoms with Crippen LogP contribution in [0.4, 0.5) is 22.0 Å². The van der Waals surface area contributed by atoms with E-state index < -0.39 is 62.0 Å². The summed E-state index contributed by atoms with van der Waals surface area (Å²) in [6, 6.07) is 19.6. The van der Waals surface area contributed by atoms with E-state index in [9.17, 15) is 35.7 Å². The second-order valence-corrected chi connectivity index (χ2v) is 17.7. The molecule has 3 aromatic rings. The Morgan fingerprint density at radius 1 is 0.865 bits per heavy atom. The van der Waals surface area contributed by atoms with E-state index in [0.29, 0.717) is 36.8 Å². The average Bonchev–Trinajstić information content (AvgIpc) is 3.38. The molecule has 0 amide bonds. The molecule has 0 heterocycles. The minimum Gasteiger partial charge on any atom is -0.439 e. The van der Waals surface area contributed by atoms with E-state index >= 15 is 8.78 Å². The first-order chi connectivity index (χ1) is 24.4. The summed E-state index contributed by atoms with van der Waals surface area (Å²) in [6.07, 6.45) is -3.25. The molecule has 2 fully saturated rings. The highest BCUT2D eigenvalue weighted by atomic mass is 32.3. The topological polar surface area (TPSA) is 101 Å². The van der Waals surface area contributed by atoms with Crippen LogP contribution in [0.1, 0.15) is 68.9 Å². The van der Waals surface area contributed by atoms with E-state index in [1.807, 2.05) is 19.1 Å². The van der Waals surface area contributed by atoms with Gasteiger partial charge in [-0.1, -0.05) is 83.6 Å². The number of rotatable bonds is 6. The number of fused-ring (bicyclic) bond motifs is 4. The maximum Gasteiger partial charge on any atom is 0.456 e. The van der Waals surface area contributed by atoms with Crippen molar-refractivity contribution in [2.75, 3.05) is 0 Å². The molecule has 0 saturated heterocycles. The Kier molecular flexibility index (Phi) is 8.97. The van der Waals surface area contributed by atoms with Crippen LogP contribution < -0.4 is 0 Å². The van der Waals surface area contributed by atoms with E-state index in [-0.39, 0.29) is 34.3 Å². The fourth-order valence-electron chi connectivity index (χ4n) is 9.27. The molecular formula is C39H37F5NO5S2-. The number of hydrogen-bond acceptors (Lipinski definition) is 6. The number of nitrogens with zero attached hydrogens (tertiary/aromatic N) is 1. The van der Waals surface area contributed by atoms with Crippen molar-refractivity contribution in [3.05, 3.63) is 107 Å². The molecule has 2 saturated carbocycles. The molecule has 1 N–H and O–H groups in total. The maximum atomic E-state index is 15.3. The van der Waals surface area contributed by atoms with Crippen LogP contribution in [0.5, 0.6) is 0 Å². The van der Waals surface area contributed by atoms with E-state index in [0.717, 1.165) is 27.8 Å². The van der Waals surface area contributed by atoms with Crippen LogP contribution in [0.15, 0.2) is 109 Å². The largest absolute Gasteiger partial charge is 0.456 e. The molecular weight excluding hydrogens is 722 g/mol. The van der Waals surface area contributed by atoms with Crippen molar-refractivity contribution in [3.63, 3.8) is 0 Å². The molecule has 7 rings (SSSR count). The third kappa shape index (κ3) is 5.87. The van der Waals surface area contributed by atoms with Crippen molar-refractivity contribution in [2.24, 2.45) is 21.0 Å². The van der Waals surface area contributed by atoms with E-state index in [1.165, 1.54) is 31.2 Å². The first-order valence-electron chi connectivity index (χ1n) is 17.2. The number of aryl methyl sites for hydroxylation is 1. The van der Waals surface area contributed by atoms with E-state index in [1.54, 1.807) is 42.5 Å². The lowest BCUT2D eigenvalue weighted by atomic mass is 9.50. The number of allylic oxidation sites excluding steroid dienone is 4. The van der Waals surface area contributed by atoms with Gasteiger partial charge in [-0.3, -0.25) is 8.56 Å².